The van der Waals surface area contributed by atoms with Gasteiger partial charge in [0.25, 0.3) is 11.8 Å². The van der Waals surface area contributed by atoms with Crippen LogP contribution in [0.25, 0.3) is 5.57 Å². The fraction of sp³-hybridized carbons (Fsp3) is 0.0909. The zero-order valence-electron chi connectivity index (χ0n) is 15.3. The molecule has 1 N–H and O–H groups in total. The average Bonchev–Trinajstić information content (AvgIpc) is 3.21. The monoisotopic (exact) mass is 452 g/mol. The third kappa shape index (κ3) is 3.41. The fourth-order valence-electron chi connectivity index (χ4n) is 3.34. The number of nitrogens with zero attached hydrogens (tertiary/aromatic N) is 1. The van der Waals surface area contributed by atoms with Crippen LogP contribution in [0.15, 0.2) is 70.1 Å². The van der Waals surface area contributed by atoms with Crippen molar-refractivity contribution in [3.8, 4) is 0 Å². The van der Waals surface area contributed by atoms with E-state index in [-0.39, 0.29) is 11.8 Å². The van der Waals surface area contributed by atoms with Crippen molar-refractivity contribution in [3.63, 3.8) is 0 Å². The number of carbonyl (C=O) groups excluding carboxylic acids is 2. The van der Waals surface area contributed by atoms with Crippen molar-refractivity contribution in [2.45, 2.75) is 13.8 Å². The zero-order chi connectivity index (χ0) is 19.8. The molecular weight excluding hydrogens is 436 g/mol. The van der Waals surface area contributed by atoms with E-state index in [9.17, 15) is 9.59 Å². The summed E-state index contributed by atoms with van der Waals surface area (Å²) in [5.74, 6) is -0.678. The van der Waals surface area contributed by atoms with Crippen molar-refractivity contribution in [3.05, 3.63) is 86.2 Å². The fourth-order valence-corrected chi connectivity index (χ4v) is 4.49. The molecule has 0 saturated heterocycles. The van der Waals surface area contributed by atoms with Crippen LogP contribution in [0.1, 0.15) is 16.0 Å². The maximum Gasteiger partial charge on any atom is 0.282 e. The largest absolute Gasteiger partial charge is 0.350 e. The van der Waals surface area contributed by atoms with Crippen molar-refractivity contribution in [2.24, 2.45) is 0 Å². The zero-order valence-corrected chi connectivity index (χ0v) is 17.7. The van der Waals surface area contributed by atoms with Crippen LogP contribution < -0.4 is 10.2 Å². The number of rotatable bonds is 4. The molecule has 2 amide bonds. The van der Waals surface area contributed by atoms with E-state index < -0.39 is 0 Å². The lowest BCUT2D eigenvalue weighted by atomic mass is 10.1. The molecule has 0 atom stereocenters. The number of aryl methyl sites for hydroxylation is 2. The highest BCUT2D eigenvalue weighted by atomic mass is 79.9. The number of anilines is 2. The number of imide groups is 1. The molecule has 1 aliphatic heterocycles. The van der Waals surface area contributed by atoms with Crippen LogP contribution >= 0.6 is 27.3 Å². The van der Waals surface area contributed by atoms with E-state index in [2.05, 4.69) is 27.3 Å². The number of benzene rings is 2. The molecule has 28 heavy (non-hydrogen) atoms. The van der Waals surface area contributed by atoms with Gasteiger partial charge in [-0.25, -0.2) is 4.90 Å². The molecule has 4 rings (SSSR count). The standard InChI is InChI=1S/C22H17BrN2O2S/c1-13-9-14(2)11-16(10-13)24-20-19(18-7-4-8-28-18)21(26)25(22(20)27)17-6-3-5-15(23)12-17/h3-12,24H,1-2H3. The van der Waals surface area contributed by atoms with Gasteiger partial charge in [0.15, 0.2) is 0 Å². The molecule has 3 aromatic rings. The van der Waals surface area contributed by atoms with E-state index in [0.29, 0.717) is 17.0 Å². The Morgan fingerprint density at radius 2 is 1.68 bits per heavy atom. The minimum atomic E-state index is -0.356. The highest BCUT2D eigenvalue weighted by molar-refractivity contribution is 9.10. The predicted molar refractivity (Wildman–Crippen MR) is 117 cm³/mol. The lowest BCUT2D eigenvalue weighted by molar-refractivity contribution is -0.120. The molecule has 6 heteroatoms. The molecule has 2 heterocycles. The first-order valence-corrected chi connectivity index (χ1v) is 10.4. The SMILES string of the molecule is Cc1cc(C)cc(NC2=C(c3cccs3)C(=O)N(c3cccc(Br)c3)C2=O)c1. The van der Waals surface area contributed by atoms with Gasteiger partial charge < -0.3 is 5.32 Å². The maximum atomic E-state index is 13.3. The molecular formula is C22H17BrN2O2S. The first-order chi connectivity index (χ1) is 13.4. The first-order valence-electron chi connectivity index (χ1n) is 8.72. The van der Waals surface area contributed by atoms with Crippen LogP contribution in [0.2, 0.25) is 0 Å². The second kappa shape index (κ2) is 7.37. The molecule has 140 valence electrons. The molecule has 2 aromatic carbocycles. The highest BCUT2D eigenvalue weighted by Crippen LogP contribution is 2.36. The Morgan fingerprint density at radius 3 is 2.32 bits per heavy atom. The van der Waals surface area contributed by atoms with Gasteiger partial charge in [0.05, 0.1) is 11.3 Å². The molecule has 1 aliphatic rings. The molecule has 0 fully saturated rings. The van der Waals surface area contributed by atoms with E-state index in [1.807, 2.05) is 49.6 Å². The van der Waals surface area contributed by atoms with Crippen LogP contribution in [-0.4, -0.2) is 11.8 Å². The lowest BCUT2D eigenvalue weighted by Gasteiger charge is -2.16. The summed E-state index contributed by atoms with van der Waals surface area (Å²) in [7, 11) is 0. The smallest absolute Gasteiger partial charge is 0.282 e. The Labute approximate surface area is 175 Å². The number of carbonyl (C=O) groups is 2. The Kier molecular flexibility index (Phi) is 4.91. The van der Waals surface area contributed by atoms with Crippen molar-refractivity contribution in [1.82, 2.24) is 0 Å². The Balaban J connectivity index is 1.81. The molecule has 0 unspecified atom stereocenters. The van der Waals surface area contributed by atoms with E-state index in [1.165, 1.54) is 16.2 Å². The molecule has 0 radical (unpaired) electrons. The third-order valence-corrected chi connectivity index (χ3v) is 5.79. The van der Waals surface area contributed by atoms with Gasteiger partial charge in [0.2, 0.25) is 0 Å². The summed E-state index contributed by atoms with van der Waals surface area (Å²) in [4.78, 5) is 28.5. The second-order valence-corrected chi connectivity index (χ2v) is 8.52. The Bertz CT molecular complexity index is 1100. The predicted octanol–water partition coefficient (Wildman–Crippen LogP) is 5.52. The van der Waals surface area contributed by atoms with E-state index in [0.717, 1.165) is 26.2 Å². The topological polar surface area (TPSA) is 49.4 Å². The molecule has 0 saturated carbocycles. The summed E-state index contributed by atoms with van der Waals surface area (Å²) < 4.78 is 0.805. The van der Waals surface area contributed by atoms with Gasteiger partial charge in [-0.2, -0.15) is 0 Å². The number of halogens is 1. The minimum Gasteiger partial charge on any atom is -0.350 e. The minimum absolute atomic E-state index is 0.303. The summed E-state index contributed by atoms with van der Waals surface area (Å²) >= 11 is 4.85. The number of hydrogen-bond donors (Lipinski definition) is 1. The Hall–Kier alpha value is -2.70. The van der Waals surface area contributed by atoms with Gasteiger partial charge in [-0.1, -0.05) is 34.1 Å². The molecule has 0 aliphatic carbocycles. The van der Waals surface area contributed by atoms with E-state index >= 15 is 0 Å². The summed E-state index contributed by atoms with van der Waals surface area (Å²) in [5, 5.41) is 5.12. The van der Waals surface area contributed by atoms with Gasteiger partial charge in [-0.3, -0.25) is 9.59 Å². The van der Waals surface area contributed by atoms with Crippen molar-refractivity contribution < 1.29 is 9.59 Å². The second-order valence-electron chi connectivity index (χ2n) is 6.65. The van der Waals surface area contributed by atoms with E-state index in [4.69, 9.17) is 0 Å². The summed E-state index contributed by atoms with van der Waals surface area (Å²) in [6.45, 7) is 4.00. The van der Waals surface area contributed by atoms with Gasteiger partial charge in [0.1, 0.15) is 5.70 Å². The summed E-state index contributed by atoms with van der Waals surface area (Å²) in [6, 6.07) is 16.9. The third-order valence-electron chi connectivity index (χ3n) is 4.41. The van der Waals surface area contributed by atoms with Crippen molar-refractivity contribution in [2.75, 3.05) is 10.2 Å². The summed E-state index contributed by atoms with van der Waals surface area (Å²) in [5.41, 5.74) is 4.20. The van der Waals surface area contributed by atoms with E-state index in [1.54, 1.807) is 18.2 Å². The van der Waals surface area contributed by atoms with Crippen LogP contribution in [0.4, 0.5) is 11.4 Å². The van der Waals surface area contributed by atoms with Crippen LogP contribution in [0.3, 0.4) is 0 Å². The normalized spacial score (nSPS) is 14.2. The lowest BCUT2D eigenvalue weighted by Crippen LogP contribution is -2.32. The van der Waals surface area contributed by atoms with Crippen LogP contribution in [0, 0.1) is 13.8 Å². The average molecular weight is 453 g/mol. The van der Waals surface area contributed by atoms with Gasteiger partial charge in [-0.05, 0) is 66.8 Å². The van der Waals surface area contributed by atoms with Crippen LogP contribution in [-0.2, 0) is 9.59 Å². The molecule has 0 bridgehead atoms. The summed E-state index contributed by atoms with van der Waals surface area (Å²) in [6.07, 6.45) is 0. The van der Waals surface area contributed by atoms with Gasteiger partial charge >= 0.3 is 0 Å². The van der Waals surface area contributed by atoms with Gasteiger partial charge in [-0.15, -0.1) is 11.3 Å². The van der Waals surface area contributed by atoms with Crippen LogP contribution in [0.5, 0.6) is 0 Å². The molecule has 0 spiro atoms. The quantitative estimate of drug-likeness (QED) is 0.529. The number of amides is 2. The molecule has 4 nitrogen and oxygen atoms in total. The highest BCUT2D eigenvalue weighted by Gasteiger charge is 2.40. The number of hydrogen-bond acceptors (Lipinski definition) is 4. The van der Waals surface area contributed by atoms with Crippen molar-refractivity contribution in [1.29, 1.82) is 0 Å². The van der Waals surface area contributed by atoms with Gasteiger partial charge in [0, 0.05) is 15.0 Å². The Morgan fingerprint density at radius 1 is 0.929 bits per heavy atom. The molecule has 1 aromatic heterocycles. The van der Waals surface area contributed by atoms with Crippen molar-refractivity contribution >= 4 is 56.0 Å². The number of thiophene rings is 1. The first kappa shape index (κ1) is 18.7. The number of nitrogens with one attached hydrogen (secondary N) is 1. The maximum absolute atomic E-state index is 13.3.